The van der Waals surface area contributed by atoms with Crippen LogP contribution in [0, 0.1) is 6.92 Å². The van der Waals surface area contributed by atoms with Crippen LogP contribution in [0.5, 0.6) is 11.6 Å². The van der Waals surface area contributed by atoms with Gasteiger partial charge in [-0.1, -0.05) is 40.2 Å². The monoisotopic (exact) mass is 328 g/mol. The largest absolute Gasteiger partial charge is 0.436 e. The second-order valence-corrected chi connectivity index (χ2v) is 5.04. The highest BCUT2D eigenvalue weighted by atomic mass is 79.9. The van der Waals surface area contributed by atoms with Gasteiger partial charge in [-0.15, -0.1) is 0 Å². The van der Waals surface area contributed by atoms with Gasteiger partial charge >= 0.3 is 0 Å². The van der Waals surface area contributed by atoms with Crippen LogP contribution in [0.15, 0.2) is 48.7 Å². The third kappa shape index (κ3) is 2.51. The molecule has 100 valence electrons. The van der Waals surface area contributed by atoms with E-state index in [2.05, 4.69) is 25.9 Å². The van der Waals surface area contributed by atoms with Gasteiger partial charge in [0.15, 0.2) is 5.75 Å². The number of hydrogen-bond acceptors (Lipinski definition) is 3. The first-order valence-electron chi connectivity index (χ1n) is 6.32. The number of benzene rings is 1. The van der Waals surface area contributed by atoms with Crippen molar-refractivity contribution in [1.82, 2.24) is 9.97 Å². The van der Waals surface area contributed by atoms with Gasteiger partial charge < -0.3 is 4.74 Å². The van der Waals surface area contributed by atoms with Crippen LogP contribution in [0.2, 0.25) is 0 Å². The Kier molecular flexibility index (Phi) is 3.65. The lowest BCUT2D eigenvalue weighted by Gasteiger charge is -2.10. The van der Waals surface area contributed by atoms with Crippen molar-refractivity contribution in [3.63, 3.8) is 0 Å². The summed E-state index contributed by atoms with van der Waals surface area (Å²) in [5.74, 6) is 1.34. The van der Waals surface area contributed by atoms with Crippen molar-refractivity contribution in [3.05, 3.63) is 59.9 Å². The number of pyridine rings is 2. The Morgan fingerprint density at radius 1 is 1.10 bits per heavy atom. The number of halogens is 1. The summed E-state index contributed by atoms with van der Waals surface area (Å²) in [7, 11) is 0. The van der Waals surface area contributed by atoms with E-state index in [-0.39, 0.29) is 0 Å². The van der Waals surface area contributed by atoms with Crippen molar-refractivity contribution in [2.45, 2.75) is 12.3 Å². The van der Waals surface area contributed by atoms with E-state index in [4.69, 9.17) is 4.74 Å². The minimum Gasteiger partial charge on any atom is -0.436 e. The molecule has 0 aliphatic carbocycles. The molecule has 0 aliphatic heterocycles. The number of para-hydroxylation sites is 1. The van der Waals surface area contributed by atoms with Crippen molar-refractivity contribution in [2.75, 3.05) is 0 Å². The molecular formula is C16H13BrN2O. The molecular weight excluding hydrogens is 316 g/mol. The van der Waals surface area contributed by atoms with Gasteiger partial charge in [0.25, 0.3) is 0 Å². The molecule has 0 saturated heterocycles. The van der Waals surface area contributed by atoms with Crippen LogP contribution in [0.3, 0.4) is 0 Å². The number of hydrogen-bond donors (Lipinski definition) is 0. The zero-order chi connectivity index (χ0) is 13.9. The molecule has 0 saturated carbocycles. The SMILES string of the molecule is Cc1ccc2cccc(Oc3ncccc3CBr)c2n1. The Balaban J connectivity index is 2.08. The third-order valence-corrected chi connectivity index (χ3v) is 3.63. The second-order valence-electron chi connectivity index (χ2n) is 4.48. The summed E-state index contributed by atoms with van der Waals surface area (Å²) < 4.78 is 5.97. The van der Waals surface area contributed by atoms with Crippen LogP contribution in [0.1, 0.15) is 11.3 Å². The summed E-state index contributed by atoms with van der Waals surface area (Å²) in [6.07, 6.45) is 1.73. The fourth-order valence-electron chi connectivity index (χ4n) is 2.02. The molecule has 3 nitrogen and oxygen atoms in total. The topological polar surface area (TPSA) is 35.0 Å². The molecule has 0 N–H and O–H groups in total. The summed E-state index contributed by atoms with van der Waals surface area (Å²) >= 11 is 3.45. The molecule has 0 spiro atoms. The maximum absolute atomic E-state index is 5.97. The fraction of sp³-hybridized carbons (Fsp3) is 0.125. The maximum atomic E-state index is 5.97. The lowest BCUT2D eigenvalue weighted by molar-refractivity contribution is 0.462. The van der Waals surface area contributed by atoms with E-state index in [1.165, 1.54) is 0 Å². The highest BCUT2D eigenvalue weighted by Crippen LogP contribution is 2.30. The molecule has 0 atom stereocenters. The smallest absolute Gasteiger partial charge is 0.223 e. The zero-order valence-corrected chi connectivity index (χ0v) is 12.6. The molecule has 2 heterocycles. The van der Waals surface area contributed by atoms with Crippen LogP contribution in [0.25, 0.3) is 10.9 Å². The lowest BCUT2D eigenvalue weighted by atomic mass is 10.2. The van der Waals surface area contributed by atoms with Gasteiger partial charge in [0.05, 0.1) is 0 Å². The molecule has 0 aliphatic rings. The van der Waals surface area contributed by atoms with E-state index in [1.54, 1.807) is 6.20 Å². The van der Waals surface area contributed by atoms with Crippen molar-refractivity contribution in [1.29, 1.82) is 0 Å². The van der Waals surface area contributed by atoms with E-state index in [0.29, 0.717) is 11.2 Å². The Hall–Kier alpha value is -1.94. The van der Waals surface area contributed by atoms with Crippen molar-refractivity contribution >= 4 is 26.8 Å². The molecule has 2 aromatic heterocycles. The van der Waals surface area contributed by atoms with Gasteiger partial charge in [-0.25, -0.2) is 9.97 Å². The van der Waals surface area contributed by atoms with Crippen LogP contribution >= 0.6 is 15.9 Å². The number of ether oxygens (including phenoxy) is 1. The molecule has 3 rings (SSSR count). The molecule has 0 amide bonds. The Labute approximate surface area is 125 Å². The van der Waals surface area contributed by atoms with E-state index >= 15 is 0 Å². The van der Waals surface area contributed by atoms with Gasteiger partial charge in [-0.2, -0.15) is 0 Å². The highest BCUT2D eigenvalue weighted by molar-refractivity contribution is 9.08. The van der Waals surface area contributed by atoms with Crippen molar-refractivity contribution in [2.24, 2.45) is 0 Å². The average molecular weight is 329 g/mol. The normalized spacial score (nSPS) is 10.7. The summed E-state index contributed by atoms with van der Waals surface area (Å²) in [4.78, 5) is 8.86. The molecule has 0 bridgehead atoms. The number of aromatic nitrogens is 2. The quantitative estimate of drug-likeness (QED) is 0.658. The minimum absolute atomic E-state index is 0.611. The Morgan fingerprint density at radius 3 is 2.85 bits per heavy atom. The number of aryl methyl sites for hydroxylation is 1. The first-order valence-corrected chi connectivity index (χ1v) is 7.44. The van der Waals surface area contributed by atoms with E-state index < -0.39 is 0 Å². The standard InChI is InChI=1S/C16H13BrN2O/c1-11-7-8-12-4-2-6-14(15(12)19-11)20-16-13(10-17)5-3-9-18-16/h2-9H,10H2,1H3. The van der Waals surface area contributed by atoms with Gasteiger partial charge in [-0.05, 0) is 25.1 Å². The molecule has 4 heteroatoms. The van der Waals surface area contributed by atoms with E-state index in [1.807, 2.05) is 49.4 Å². The second kappa shape index (κ2) is 5.59. The van der Waals surface area contributed by atoms with Crippen LogP contribution < -0.4 is 4.74 Å². The molecule has 0 radical (unpaired) electrons. The van der Waals surface area contributed by atoms with Gasteiger partial charge in [0.2, 0.25) is 5.88 Å². The third-order valence-electron chi connectivity index (χ3n) is 3.02. The first kappa shape index (κ1) is 13.1. The summed E-state index contributed by atoms with van der Waals surface area (Å²) in [6, 6.07) is 13.8. The summed E-state index contributed by atoms with van der Waals surface area (Å²) in [6.45, 7) is 1.97. The summed E-state index contributed by atoms with van der Waals surface area (Å²) in [5.41, 5.74) is 2.84. The molecule has 3 aromatic rings. The first-order chi connectivity index (χ1) is 9.78. The number of nitrogens with zero attached hydrogens (tertiary/aromatic N) is 2. The fourth-order valence-corrected chi connectivity index (χ4v) is 2.45. The van der Waals surface area contributed by atoms with Crippen molar-refractivity contribution in [3.8, 4) is 11.6 Å². The predicted octanol–water partition coefficient (Wildman–Crippen LogP) is 4.63. The molecule has 0 unspecified atom stereocenters. The van der Waals surface area contributed by atoms with Crippen LogP contribution in [-0.4, -0.2) is 9.97 Å². The maximum Gasteiger partial charge on any atom is 0.223 e. The summed E-state index contributed by atoms with van der Waals surface area (Å²) in [5, 5.41) is 1.76. The molecule has 1 aromatic carbocycles. The van der Waals surface area contributed by atoms with Gasteiger partial charge in [0.1, 0.15) is 5.52 Å². The molecule has 20 heavy (non-hydrogen) atoms. The van der Waals surface area contributed by atoms with E-state index in [0.717, 1.165) is 27.9 Å². The lowest BCUT2D eigenvalue weighted by Crippen LogP contribution is -1.94. The minimum atomic E-state index is 0.611. The number of fused-ring (bicyclic) bond motifs is 1. The number of alkyl halides is 1. The van der Waals surface area contributed by atoms with Crippen LogP contribution in [-0.2, 0) is 5.33 Å². The van der Waals surface area contributed by atoms with Gasteiger partial charge in [-0.3, -0.25) is 0 Å². The Morgan fingerprint density at radius 2 is 2.00 bits per heavy atom. The zero-order valence-electron chi connectivity index (χ0n) is 11.0. The molecule has 0 fully saturated rings. The average Bonchev–Trinajstić information content (AvgIpc) is 2.48. The van der Waals surface area contributed by atoms with Gasteiger partial charge in [0, 0.05) is 28.2 Å². The Bertz CT molecular complexity index is 758. The highest BCUT2D eigenvalue weighted by Gasteiger charge is 2.09. The number of rotatable bonds is 3. The van der Waals surface area contributed by atoms with Crippen LogP contribution in [0.4, 0.5) is 0 Å². The predicted molar refractivity (Wildman–Crippen MR) is 83.4 cm³/mol. The van der Waals surface area contributed by atoms with Crippen molar-refractivity contribution < 1.29 is 4.74 Å². The van der Waals surface area contributed by atoms with E-state index in [9.17, 15) is 0 Å².